The normalized spacial score (nSPS) is 16.9. The van der Waals surface area contributed by atoms with Crippen molar-refractivity contribution >= 4 is 5.91 Å². The molecule has 40 heavy (non-hydrogen) atoms. The average Bonchev–Trinajstić information content (AvgIpc) is 2.96. The maximum Gasteiger partial charge on any atom is 0.243 e. The van der Waals surface area contributed by atoms with Crippen molar-refractivity contribution in [2.24, 2.45) is 5.92 Å². The summed E-state index contributed by atoms with van der Waals surface area (Å²) >= 11 is 0. The molecular weight excluding hydrogens is 511 g/mol. The number of rotatable bonds is 12. The monoisotopic (exact) mass is 549 g/mol. The number of hydrogen-bond donors (Lipinski definition) is 1. The maximum atomic E-state index is 15.1. The van der Waals surface area contributed by atoms with Crippen LogP contribution in [0, 0.1) is 23.4 Å². The van der Waals surface area contributed by atoms with Gasteiger partial charge in [-0.1, -0.05) is 75.6 Å². The molecule has 1 N–H and O–H groups in total. The van der Waals surface area contributed by atoms with Crippen LogP contribution in [-0.4, -0.2) is 19.1 Å². The molecule has 0 spiro atoms. The van der Waals surface area contributed by atoms with Gasteiger partial charge >= 0.3 is 0 Å². The molecule has 1 saturated carbocycles. The molecular formula is C34H38F3NO2. The Bertz CT molecular complexity index is 1270. The van der Waals surface area contributed by atoms with Crippen LogP contribution < -0.4 is 10.1 Å². The molecule has 1 aliphatic carbocycles. The summed E-state index contributed by atoms with van der Waals surface area (Å²) < 4.78 is 49.5. The average molecular weight is 550 g/mol. The Balaban J connectivity index is 1.39. The Morgan fingerprint density at radius 1 is 0.900 bits per heavy atom. The highest BCUT2D eigenvalue weighted by atomic mass is 19.1. The van der Waals surface area contributed by atoms with Gasteiger partial charge in [0.15, 0.2) is 17.4 Å². The van der Waals surface area contributed by atoms with Crippen LogP contribution in [0.4, 0.5) is 13.2 Å². The van der Waals surface area contributed by atoms with E-state index in [2.05, 4.69) is 31.0 Å². The van der Waals surface area contributed by atoms with Crippen molar-refractivity contribution in [3.63, 3.8) is 0 Å². The molecule has 0 radical (unpaired) electrons. The first kappa shape index (κ1) is 29.4. The molecule has 0 aromatic heterocycles. The van der Waals surface area contributed by atoms with Gasteiger partial charge in [0.05, 0.1) is 6.54 Å². The molecule has 0 heterocycles. The lowest BCUT2D eigenvalue weighted by molar-refractivity contribution is -0.116. The quantitative estimate of drug-likeness (QED) is 0.181. The number of unbranched alkanes of at least 4 members (excludes halogenated alkanes) is 2. The fraction of sp³-hybridized carbons (Fsp3) is 0.382. The van der Waals surface area contributed by atoms with E-state index in [1.54, 1.807) is 6.07 Å². The van der Waals surface area contributed by atoms with E-state index in [0.29, 0.717) is 11.5 Å². The Kier molecular flexibility index (Phi) is 10.5. The topological polar surface area (TPSA) is 38.3 Å². The third-order valence-electron chi connectivity index (χ3n) is 7.89. The number of nitrogens with one attached hydrogen (secondary N) is 1. The molecule has 1 aliphatic rings. The van der Waals surface area contributed by atoms with Gasteiger partial charge < -0.3 is 10.1 Å². The number of halogens is 3. The van der Waals surface area contributed by atoms with Gasteiger partial charge in [-0.3, -0.25) is 4.79 Å². The van der Waals surface area contributed by atoms with E-state index >= 15 is 4.39 Å². The standard InChI is InChI=1S/C34H38F3NO2/c1-3-5-6-7-23-8-10-24(11-9-23)25-12-14-26(15-13-25)27-16-17-29(30(35)20-27)28-21-31(36)34(32(37)22-28)40-19-18-38-33(39)4-2/h4,12-17,20-24H,2-3,5-11,18-19H2,1H3,(H,38,39). The first-order chi connectivity index (χ1) is 19.4. The minimum absolute atomic E-state index is 0.0583. The molecule has 3 aromatic carbocycles. The lowest BCUT2D eigenvalue weighted by Crippen LogP contribution is -2.26. The summed E-state index contributed by atoms with van der Waals surface area (Å²) in [6.45, 7) is 5.50. The predicted molar refractivity (Wildman–Crippen MR) is 155 cm³/mol. The third-order valence-corrected chi connectivity index (χ3v) is 7.89. The van der Waals surface area contributed by atoms with Gasteiger partial charge in [0.25, 0.3) is 0 Å². The summed E-state index contributed by atoms with van der Waals surface area (Å²) in [4.78, 5) is 11.2. The zero-order valence-corrected chi connectivity index (χ0v) is 23.2. The molecule has 1 fully saturated rings. The van der Waals surface area contributed by atoms with Crippen LogP contribution in [0.2, 0.25) is 0 Å². The second-order valence-corrected chi connectivity index (χ2v) is 10.6. The van der Waals surface area contributed by atoms with Crippen molar-refractivity contribution in [2.75, 3.05) is 13.2 Å². The van der Waals surface area contributed by atoms with E-state index in [-0.39, 0.29) is 24.3 Å². The molecule has 212 valence electrons. The van der Waals surface area contributed by atoms with E-state index in [9.17, 15) is 13.6 Å². The van der Waals surface area contributed by atoms with Crippen LogP contribution in [0.25, 0.3) is 22.3 Å². The number of ether oxygens (including phenoxy) is 1. The van der Waals surface area contributed by atoms with Crippen LogP contribution in [-0.2, 0) is 4.79 Å². The Morgan fingerprint density at radius 3 is 2.17 bits per heavy atom. The smallest absolute Gasteiger partial charge is 0.243 e. The lowest BCUT2D eigenvalue weighted by atomic mass is 9.77. The van der Waals surface area contributed by atoms with Crippen molar-refractivity contribution in [1.82, 2.24) is 5.32 Å². The molecule has 3 nitrogen and oxygen atoms in total. The zero-order chi connectivity index (χ0) is 28.5. The summed E-state index contributed by atoms with van der Waals surface area (Å²) in [5.74, 6) is -1.99. The number of benzene rings is 3. The zero-order valence-electron chi connectivity index (χ0n) is 23.2. The molecule has 3 aromatic rings. The minimum atomic E-state index is -0.945. The second kappa shape index (κ2) is 14.2. The van der Waals surface area contributed by atoms with Gasteiger partial charge in [0.2, 0.25) is 5.91 Å². The minimum Gasteiger partial charge on any atom is -0.486 e. The van der Waals surface area contributed by atoms with Gasteiger partial charge in [-0.25, -0.2) is 13.2 Å². The number of carbonyl (C=O) groups excluding carboxylic acids is 1. The van der Waals surface area contributed by atoms with Crippen molar-refractivity contribution in [3.05, 3.63) is 90.3 Å². The largest absolute Gasteiger partial charge is 0.486 e. The van der Waals surface area contributed by atoms with E-state index in [1.165, 1.54) is 69.1 Å². The second-order valence-electron chi connectivity index (χ2n) is 10.6. The van der Waals surface area contributed by atoms with E-state index < -0.39 is 29.1 Å². The van der Waals surface area contributed by atoms with Gasteiger partial charge in [0.1, 0.15) is 12.4 Å². The van der Waals surface area contributed by atoms with Gasteiger partial charge in [-0.2, -0.15) is 0 Å². The fourth-order valence-corrected chi connectivity index (χ4v) is 5.60. The number of hydrogen-bond acceptors (Lipinski definition) is 2. The van der Waals surface area contributed by atoms with Crippen molar-refractivity contribution < 1.29 is 22.7 Å². The molecule has 0 aliphatic heterocycles. The van der Waals surface area contributed by atoms with Crippen LogP contribution in [0.3, 0.4) is 0 Å². The molecule has 0 atom stereocenters. The van der Waals surface area contributed by atoms with Gasteiger partial charge in [0, 0.05) is 5.56 Å². The molecule has 1 amide bonds. The number of carbonyl (C=O) groups is 1. The summed E-state index contributed by atoms with van der Waals surface area (Å²) in [5, 5.41) is 2.46. The molecule has 4 rings (SSSR count). The summed E-state index contributed by atoms with van der Waals surface area (Å²) in [6, 6.07) is 15.1. The van der Waals surface area contributed by atoms with Gasteiger partial charge in [-0.15, -0.1) is 0 Å². The number of amides is 1. The van der Waals surface area contributed by atoms with E-state index in [0.717, 1.165) is 29.7 Å². The summed E-state index contributed by atoms with van der Waals surface area (Å²) in [5.41, 5.74) is 3.11. The lowest BCUT2D eigenvalue weighted by Gasteiger charge is -2.29. The molecule has 0 saturated heterocycles. The first-order valence-corrected chi connectivity index (χ1v) is 14.3. The van der Waals surface area contributed by atoms with Gasteiger partial charge in [-0.05, 0) is 84.0 Å². The third kappa shape index (κ3) is 7.56. The van der Waals surface area contributed by atoms with Crippen LogP contribution in [0.1, 0.15) is 69.8 Å². The SMILES string of the molecule is C=CC(=O)NCCOc1c(F)cc(-c2ccc(-c3ccc(C4CCC(CCCCC)CC4)cc3)cc2F)cc1F. The van der Waals surface area contributed by atoms with Crippen LogP contribution >= 0.6 is 0 Å². The molecule has 0 unspecified atom stereocenters. The Labute approximate surface area is 235 Å². The Morgan fingerprint density at radius 2 is 1.55 bits per heavy atom. The fourth-order valence-electron chi connectivity index (χ4n) is 5.60. The van der Waals surface area contributed by atoms with Crippen molar-refractivity contribution in [3.8, 4) is 28.0 Å². The Hall–Kier alpha value is -3.54. The van der Waals surface area contributed by atoms with E-state index in [1.807, 2.05) is 12.1 Å². The van der Waals surface area contributed by atoms with Crippen LogP contribution in [0.5, 0.6) is 5.75 Å². The van der Waals surface area contributed by atoms with Crippen molar-refractivity contribution in [2.45, 2.75) is 64.2 Å². The predicted octanol–water partition coefficient (Wildman–Crippen LogP) is 8.97. The first-order valence-electron chi connectivity index (χ1n) is 14.3. The highest BCUT2D eigenvalue weighted by Crippen LogP contribution is 2.39. The maximum absolute atomic E-state index is 15.1. The molecule has 6 heteroatoms. The highest BCUT2D eigenvalue weighted by molar-refractivity contribution is 5.86. The summed E-state index contributed by atoms with van der Waals surface area (Å²) in [7, 11) is 0. The van der Waals surface area contributed by atoms with Crippen molar-refractivity contribution in [1.29, 1.82) is 0 Å². The summed E-state index contributed by atoms with van der Waals surface area (Å²) in [6.07, 6.45) is 11.4. The highest BCUT2D eigenvalue weighted by Gasteiger charge is 2.22. The van der Waals surface area contributed by atoms with E-state index in [4.69, 9.17) is 4.74 Å². The molecule has 0 bridgehead atoms. The van der Waals surface area contributed by atoms with Crippen LogP contribution in [0.15, 0.2) is 67.3 Å².